The highest BCUT2D eigenvalue weighted by Gasteiger charge is 2.25. The Hall–Kier alpha value is -1.40. The molecule has 1 aliphatic heterocycles. The number of carbonyl (C=O) groups is 1. The second-order valence-electron chi connectivity index (χ2n) is 7.41. The highest BCUT2D eigenvalue weighted by molar-refractivity contribution is 7.89. The second kappa shape index (κ2) is 7.66. The number of piperidine rings is 1. The average Bonchev–Trinajstić information content (AvgIpc) is 2.52. The molecule has 6 heteroatoms. The van der Waals surface area contributed by atoms with Gasteiger partial charge >= 0.3 is 0 Å². The van der Waals surface area contributed by atoms with Gasteiger partial charge in [0, 0.05) is 25.0 Å². The molecule has 5 nitrogen and oxygen atoms in total. The lowest BCUT2D eigenvalue weighted by Gasteiger charge is -2.25. The van der Waals surface area contributed by atoms with Crippen LogP contribution in [-0.2, 0) is 21.2 Å². The molecule has 0 aliphatic carbocycles. The Kier molecular flexibility index (Phi) is 6.04. The van der Waals surface area contributed by atoms with Crippen LogP contribution in [0.5, 0.6) is 0 Å². The Labute approximate surface area is 145 Å². The van der Waals surface area contributed by atoms with Gasteiger partial charge in [-0.1, -0.05) is 18.6 Å². The van der Waals surface area contributed by atoms with E-state index >= 15 is 0 Å². The fourth-order valence-corrected chi connectivity index (χ4v) is 4.34. The molecule has 1 aliphatic rings. The lowest BCUT2D eigenvalue weighted by molar-refractivity contribution is -0.122. The first-order valence-corrected chi connectivity index (χ1v) is 10.0. The van der Waals surface area contributed by atoms with Crippen LogP contribution in [0.1, 0.15) is 52.0 Å². The summed E-state index contributed by atoms with van der Waals surface area (Å²) in [7, 11) is -3.38. The van der Waals surface area contributed by atoms with Crippen molar-refractivity contribution < 1.29 is 13.2 Å². The predicted molar refractivity (Wildman–Crippen MR) is 95.3 cm³/mol. The van der Waals surface area contributed by atoms with Gasteiger partial charge in [0.1, 0.15) is 0 Å². The van der Waals surface area contributed by atoms with E-state index in [1.807, 2.05) is 20.8 Å². The standard InChI is InChI=1S/C18H28N2O3S/c1-18(2,3)19-17(21)12-9-15-7-10-16(11-8-15)24(22,23)20-13-5-4-6-14-20/h7-8,10-11H,4-6,9,12-14H2,1-3H3,(H,19,21). The van der Waals surface area contributed by atoms with Crippen LogP contribution < -0.4 is 5.32 Å². The van der Waals surface area contributed by atoms with Crippen molar-refractivity contribution in [2.75, 3.05) is 13.1 Å². The summed E-state index contributed by atoms with van der Waals surface area (Å²) in [6.07, 6.45) is 3.96. The third-order valence-electron chi connectivity index (χ3n) is 4.03. The molecule has 1 heterocycles. The zero-order chi connectivity index (χ0) is 17.8. The van der Waals surface area contributed by atoms with Gasteiger partial charge in [-0.15, -0.1) is 0 Å². The summed E-state index contributed by atoms with van der Waals surface area (Å²) in [4.78, 5) is 12.2. The van der Waals surface area contributed by atoms with Gasteiger partial charge in [-0.05, 0) is 57.7 Å². The number of aryl methyl sites for hydroxylation is 1. The molecule has 1 aromatic carbocycles. The smallest absolute Gasteiger partial charge is 0.243 e. The van der Waals surface area contributed by atoms with Crippen molar-refractivity contribution >= 4 is 15.9 Å². The van der Waals surface area contributed by atoms with Crippen molar-refractivity contribution in [3.8, 4) is 0 Å². The summed E-state index contributed by atoms with van der Waals surface area (Å²) < 4.78 is 26.7. The van der Waals surface area contributed by atoms with Gasteiger partial charge in [0.05, 0.1) is 4.90 Å². The third-order valence-corrected chi connectivity index (χ3v) is 5.94. The highest BCUT2D eigenvalue weighted by Crippen LogP contribution is 2.21. The van der Waals surface area contributed by atoms with Gasteiger partial charge in [0.15, 0.2) is 0 Å². The van der Waals surface area contributed by atoms with Gasteiger partial charge in [-0.2, -0.15) is 4.31 Å². The minimum atomic E-state index is -3.38. The maximum Gasteiger partial charge on any atom is 0.243 e. The number of sulfonamides is 1. The first kappa shape index (κ1) is 18.9. The van der Waals surface area contributed by atoms with Gasteiger partial charge in [0.25, 0.3) is 0 Å². The Bertz CT molecular complexity index is 654. The monoisotopic (exact) mass is 352 g/mol. The van der Waals surface area contributed by atoms with Crippen molar-refractivity contribution in [2.45, 2.75) is 63.3 Å². The fourth-order valence-electron chi connectivity index (χ4n) is 2.82. The van der Waals surface area contributed by atoms with E-state index in [0.29, 0.717) is 30.8 Å². The van der Waals surface area contributed by atoms with E-state index in [9.17, 15) is 13.2 Å². The van der Waals surface area contributed by atoms with E-state index in [1.165, 1.54) is 0 Å². The van der Waals surface area contributed by atoms with E-state index in [0.717, 1.165) is 24.8 Å². The number of carbonyl (C=O) groups excluding carboxylic acids is 1. The molecule has 1 saturated heterocycles. The molecule has 0 atom stereocenters. The van der Waals surface area contributed by atoms with Crippen molar-refractivity contribution in [1.82, 2.24) is 9.62 Å². The summed E-state index contributed by atoms with van der Waals surface area (Å²) >= 11 is 0. The van der Waals surface area contributed by atoms with Crippen LogP contribution in [-0.4, -0.2) is 37.3 Å². The average molecular weight is 353 g/mol. The minimum Gasteiger partial charge on any atom is -0.351 e. The molecule has 0 bridgehead atoms. The quantitative estimate of drug-likeness (QED) is 0.886. The van der Waals surface area contributed by atoms with Crippen LogP contribution in [0.2, 0.25) is 0 Å². The van der Waals surface area contributed by atoms with Crippen LogP contribution >= 0.6 is 0 Å². The maximum atomic E-state index is 12.6. The van der Waals surface area contributed by atoms with Gasteiger partial charge in [0.2, 0.25) is 15.9 Å². The van der Waals surface area contributed by atoms with Crippen molar-refractivity contribution in [3.63, 3.8) is 0 Å². The van der Waals surface area contributed by atoms with Gasteiger partial charge < -0.3 is 5.32 Å². The number of nitrogens with one attached hydrogen (secondary N) is 1. The van der Waals surface area contributed by atoms with Crippen LogP contribution in [0.3, 0.4) is 0 Å². The molecule has 24 heavy (non-hydrogen) atoms. The van der Waals surface area contributed by atoms with Gasteiger partial charge in [-0.25, -0.2) is 8.42 Å². The first-order valence-electron chi connectivity index (χ1n) is 8.59. The van der Waals surface area contributed by atoms with Crippen LogP contribution in [0.25, 0.3) is 0 Å². The zero-order valence-electron chi connectivity index (χ0n) is 14.8. The number of nitrogens with zero attached hydrogens (tertiary/aromatic N) is 1. The van der Waals surface area contributed by atoms with Crippen molar-refractivity contribution in [1.29, 1.82) is 0 Å². The molecule has 0 saturated carbocycles. The zero-order valence-corrected chi connectivity index (χ0v) is 15.7. The van der Waals surface area contributed by atoms with E-state index in [-0.39, 0.29) is 11.4 Å². The predicted octanol–water partition coefficient (Wildman–Crippen LogP) is 2.71. The molecular formula is C18H28N2O3S. The normalized spacial score (nSPS) is 16.8. The van der Waals surface area contributed by atoms with E-state index in [4.69, 9.17) is 0 Å². The SMILES string of the molecule is CC(C)(C)NC(=O)CCc1ccc(S(=O)(=O)N2CCCCC2)cc1. The van der Waals surface area contributed by atoms with Crippen LogP contribution in [0.15, 0.2) is 29.2 Å². The lowest BCUT2D eigenvalue weighted by Crippen LogP contribution is -2.40. The van der Waals surface area contributed by atoms with Crippen LogP contribution in [0, 0.1) is 0 Å². The molecule has 1 aromatic rings. The second-order valence-corrected chi connectivity index (χ2v) is 9.34. The summed E-state index contributed by atoms with van der Waals surface area (Å²) in [5, 5.41) is 2.93. The number of benzene rings is 1. The molecule has 0 unspecified atom stereocenters. The third kappa shape index (κ3) is 5.31. The van der Waals surface area contributed by atoms with Crippen molar-refractivity contribution in [2.24, 2.45) is 0 Å². The molecule has 2 rings (SSSR count). The molecule has 1 fully saturated rings. The van der Waals surface area contributed by atoms with E-state index in [2.05, 4.69) is 5.32 Å². The molecule has 134 valence electrons. The van der Waals surface area contributed by atoms with Crippen LogP contribution in [0.4, 0.5) is 0 Å². The Morgan fingerprint density at radius 3 is 2.21 bits per heavy atom. The number of hydrogen-bond acceptors (Lipinski definition) is 3. The topological polar surface area (TPSA) is 66.5 Å². The fraction of sp³-hybridized carbons (Fsp3) is 0.611. The Balaban J connectivity index is 1.96. The molecule has 0 radical (unpaired) electrons. The molecule has 0 spiro atoms. The number of rotatable bonds is 5. The summed E-state index contributed by atoms with van der Waals surface area (Å²) in [6, 6.07) is 6.92. The summed E-state index contributed by atoms with van der Waals surface area (Å²) in [5.74, 6) is 0.00696. The molecular weight excluding hydrogens is 324 g/mol. The van der Waals surface area contributed by atoms with Gasteiger partial charge in [-0.3, -0.25) is 4.79 Å². The lowest BCUT2D eigenvalue weighted by atomic mass is 10.1. The Morgan fingerprint density at radius 1 is 1.08 bits per heavy atom. The number of hydrogen-bond donors (Lipinski definition) is 1. The molecule has 0 aromatic heterocycles. The number of amides is 1. The van der Waals surface area contributed by atoms with E-state index < -0.39 is 10.0 Å². The summed E-state index contributed by atoms with van der Waals surface area (Å²) in [5.41, 5.74) is 0.736. The van der Waals surface area contributed by atoms with Crippen molar-refractivity contribution in [3.05, 3.63) is 29.8 Å². The molecule has 1 N–H and O–H groups in total. The Morgan fingerprint density at radius 2 is 1.67 bits per heavy atom. The minimum absolute atomic E-state index is 0.00696. The molecule has 1 amide bonds. The highest BCUT2D eigenvalue weighted by atomic mass is 32.2. The van der Waals surface area contributed by atoms with E-state index in [1.54, 1.807) is 28.6 Å². The first-order chi connectivity index (χ1) is 11.2. The maximum absolute atomic E-state index is 12.6. The summed E-state index contributed by atoms with van der Waals surface area (Å²) in [6.45, 7) is 7.07. The largest absolute Gasteiger partial charge is 0.351 e.